The Balaban J connectivity index is 3.91. The normalized spacial score (nSPS) is 19.6. The number of hydrogen-bond acceptors (Lipinski definition) is 2. The molecule has 0 aliphatic carbocycles. The molecular formula is C13H30N2. The zero-order chi connectivity index (χ0) is 11.9. The second-order valence-electron chi connectivity index (χ2n) is 5.35. The summed E-state index contributed by atoms with van der Waals surface area (Å²) in [5.74, 6) is 0. The largest absolute Gasteiger partial charge is 0.325 e. The van der Waals surface area contributed by atoms with E-state index in [1.807, 2.05) is 0 Å². The van der Waals surface area contributed by atoms with E-state index in [1.54, 1.807) is 0 Å². The van der Waals surface area contributed by atoms with Crippen LogP contribution in [-0.4, -0.2) is 17.6 Å². The van der Waals surface area contributed by atoms with Crippen LogP contribution in [0.15, 0.2) is 0 Å². The van der Waals surface area contributed by atoms with Gasteiger partial charge in [-0.1, -0.05) is 27.2 Å². The van der Waals surface area contributed by atoms with Crippen LogP contribution in [0.25, 0.3) is 0 Å². The van der Waals surface area contributed by atoms with E-state index in [-0.39, 0.29) is 5.54 Å². The first-order valence-electron chi connectivity index (χ1n) is 6.43. The molecule has 0 spiro atoms. The van der Waals surface area contributed by atoms with E-state index in [1.165, 1.54) is 19.3 Å². The van der Waals surface area contributed by atoms with E-state index < -0.39 is 0 Å². The van der Waals surface area contributed by atoms with Gasteiger partial charge in [0.15, 0.2) is 0 Å². The second-order valence-corrected chi connectivity index (χ2v) is 5.35. The van der Waals surface area contributed by atoms with Crippen molar-refractivity contribution in [2.24, 2.45) is 5.73 Å². The topological polar surface area (TPSA) is 38.0 Å². The van der Waals surface area contributed by atoms with Gasteiger partial charge in [0.05, 0.1) is 0 Å². The van der Waals surface area contributed by atoms with Crippen LogP contribution >= 0.6 is 0 Å². The van der Waals surface area contributed by atoms with Crippen LogP contribution < -0.4 is 11.1 Å². The molecule has 0 aliphatic heterocycles. The van der Waals surface area contributed by atoms with Gasteiger partial charge in [-0.05, 0) is 46.1 Å². The Kier molecular flexibility index (Phi) is 6.46. The van der Waals surface area contributed by atoms with Gasteiger partial charge >= 0.3 is 0 Å². The van der Waals surface area contributed by atoms with Crippen molar-refractivity contribution in [1.29, 1.82) is 0 Å². The average molecular weight is 214 g/mol. The van der Waals surface area contributed by atoms with Gasteiger partial charge in [0.2, 0.25) is 0 Å². The first kappa shape index (κ1) is 14.9. The van der Waals surface area contributed by atoms with E-state index in [4.69, 9.17) is 5.73 Å². The molecule has 0 aromatic heterocycles. The van der Waals surface area contributed by atoms with Crippen LogP contribution in [-0.2, 0) is 0 Å². The molecule has 2 atom stereocenters. The molecule has 0 rings (SSSR count). The van der Waals surface area contributed by atoms with Crippen molar-refractivity contribution < 1.29 is 0 Å². The zero-order valence-electron chi connectivity index (χ0n) is 11.3. The molecule has 0 aromatic carbocycles. The highest BCUT2D eigenvalue weighted by molar-refractivity contribution is 4.84. The summed E-state index contributed by atoms with van der Waals surface area (Å²) in [5, 5.41) is 3.66. The van der Waals surface area contributed by atoms with Gasteiger partial charge in [0.25, 0.3) is 0 Å². The van der Waals surface area contributed by atoms with Crippen molar-refractivity contribution in [3.8, 4) is 0 Å². The average Bonchev–Trinajstić information content (AvgIpc) is 2.18. The molecule has 0 bridgehead atoms. The first-order chi connectivity index (χ1) is 6.89. The summed E-state index contributed by atoms with van der Waals surface area (Å²) in [6, 6.07) is 0. The fourth-order valence-corrected chi connectivity index (χ4v) is 1.77. The molecule has 0 aliphatic rings. The summed E-state index contributed by atoms with van der Waals surface area (Å²) >= 11 is 0. The van der Waals surface area contributed by atoms with Gasteiger partial charge in [0, 0.05) is 11.1 Å². The van der Waals surface area contributed by atoms with Crippen molar-refractivity contribution in [2.45, 2.75) is 77.8 Å². The van der Waals surface area contributed by atoms with Crippen LogP contribution in [0.5, 0.6) is 0 Å². The Labute approximate surface area is 96.0 Å². The molecule has 3 N–H and O–H groups in total. The van der Waals surface area contributed by atoms with Gasteiger partial charge in [-0.25, -0.2) is 0 Å². The lowest BCUT2D eigenvalue weighted by atomic mass is 9.91. The van der Waals surface area contributed by atoms with Crippen LogP contribution in [0.3, 0.4) is 0 Å². The van der Waals surface area contributed by atoms with E-state index in [2.05, 4.69) is 39.9 Å². The Morgan fingerprint density at radius 2 is 1.60 bits per heavy atom. The third kappa shape index (κ3) is 6.16. The predicted molar refractivity (Wildman–Crippen MR) is 69.1 cm³/mol. The summed E-state index contributed by atoms with van der Waals surface area (Å²) in [6.07, 6.45) is 5.78. The number of nitrogens with one attached hydrogen (secondary N) is 1. The van der Waals surface area contributed by atoms with Gasteiger partial charge in [-0.15, -0.1) is 0 Å². The van der Waals surface area contributed by atoms with Gasteiger partial charge in [-0.2, -0.15) is 0 Å². The Morgan fingerprint density at radius 1 is 1.00 bits per heavy atom. The maximum Gasteiger partial charge on any atom is 0.0150 e. The lowest BCUT2D eigenvalue weighted by Gasteiger charge is -2.32. The lowest BCUT2D eigenvalue weighted by Crippen LogP contribution is -2.46. The molecular weight excluding hydrogens is 184 g/mol. The summed E-state index contributed by atoms with van der Waals surface area (Å²) in [5.41, 5.74) is 6.42. The SMILES string of the molecule is CCCC(C)(CC)NCCC(C)(N)CC. The minimum atomic E-state index is -0.00609. The number of nitrogens with two attached hydrogens (primary N) is 1. The van der Waals surface area contributed by atoms with E-state index in [0.717, 1.165) is 19.4 Å². The van der Waals surface area contributed by atoms with Crippen molar-refractivity contribution in [1.82, 2.24) is 5.32 Å². The summed E-state index contributed by atoms with van der Waals surface area (Å²) in [4.78, 5) is 0. The molecule has 0 heterocycles. The number of rotatable bonds is 8. The van der Waals surface area contributed by atoms with Crippen molar-refractivity contribution >= 4 is 0 Å². The molecule has 0 aromatic rings. The third-order valence-electron chi connectivity index (χ3n) is 3.64. The van der Waals surface area contributed by atoms with E-state index in [9.17, 15) is 0 Å². The third-order valence-corrected chi connectivity index (χ3v) is 3.64. The summed E-state index contributed by atoms with van der Waals surface area (Å²) < 4.78 is 0. The molecule has 0 saturated carbocycles. The fraction of sp³-hybridized carbons (Fsp3) is 1.00. The lowest BCUT2D eigenvalue weighted by molar-refractivity contribution is 0.294. The predicted octanol–water partition coefficient (Wildman–Crippen LogP) is 3.06. The Morgan fingerprint density at radius 3 is 2.00 bits per heavy atom. The standard InChI is InChI=1S/C13H30N2/c1-6-9-13(5,8-3)15-11-10-12(4,14)7-2/h15H,6-11,14H2,1-5H3. The highest BCUT2D eigenvalue weighted by atomic mass is 15.0. The summed E-state index contributed by atoms with van der Waals surface area (Å²) in [6.45, 7) is 12.1. The van der Waals surface area contributed by atoms with Gasteiger partial charge in [0.1, 0.15) is 0 Å². The molecule has 15 heavy (non-hydrogen) atoms. The van der Waals surface area contributed by atoms with E-state index >= 15 is 0 Å². The molecule has 0 saturated heterocycles. The molecule has 2 nitrogen and oxygen atoms in total. The maximum atomic E-state index is 6.12. The molecule has 2 unspecified atom stereocenters. The molecule has 92 valence electrons. The molecule has 0 radical (unpaired) electrons. The monoisotopic (exact) mass is 214 g/mol. The molecule has 0 amide bonds. The van der Waals surface area contributed by atoms with Crippen molar-refractivity contribution in [3.63, 3.8) is 0 Å². The Bertz CT molecular complexity index is 166. The minimum Gasteiger partial charge on any atom is -0.325 e. The smallest absolute Gasteiger partial charge is 0.0150 e. The Hall–Kier alpha value is -0.0800. The van der Waals surface area contributed by atoms with Crippen LogP contribution in [0.1, 0.15) is 66.7 Å². The number of hydrogen-bond donors (Lipinski definition) is 2. The highest BCUT2D eigenvalue weighted by Gasteiger charge is 2.21. The molecule has 2 heteroatoms. The van der Waals surface area contributed by atoms with Crippen molar-refractivity contribution in [2.75, 3.05) is 6.54 Å². The van der Waals surface area contributed by atoms with Crippen molar-refractivity contribution in [3.05, 3.63) is 0 Å². The second kappa shape index (κ2) is 6.49. The first-order valence-corrected chi connectivity index (χ1v) is 6.43. The van der Waals surface area contributed by atoms with Gasteiger partial charge < -0.3 is 11.1 Å². The molecule has 0 fully saturated rings. The quantitative estimate of drug-likeness (QED) is 0.651. The fourth-order valence-electron chi connectivity index (χ4n) is 1.77. The van der Waals surface area contributed by atoms with Crippen LogP contribution in [0.4, 0.5) is 0 Å². The maximum absolute atomic E-state index is 6.12. The van der Waals surface area contributed by atoms with E-state index in [0.29, 0.717) is 5.54 Å². The van der Waals surface area contributed by atoms with Crippen LogP contribution in [0.2, 0.25) is 0 Å². The van der Waals surface area contributed by atoms with Crippen LogP contribution in [0, 0.1) is 0 Å². The highest BCUT2D eigenvalue weighted by Crippen LogP contribution is 2.17. The zero-order valence-corrected chi connectivity index (χ0v) is 11.3. The van der Waals surface area contributed by atoms with Gasteiger partial charge in [-0.3, -0.25) is 0 Å². The minimum absolute atomic E-state index is 0.00609. The summed E-state index contributed by atoms with van der Waals surface area (Å²) in [7, 11) is 0.